The van der Waals surface area contributed by atoms with Gasteiger partial charge in [-0.3, -0.25) is 4.79 Å². The fraction of sp³-hybridized carbons (Fsp3) is 0.542. The van der Waals surface area contributed by atoms with Crippen molar-refractivity contribution < 1.29 is 14.6 Å². The van der Waals surface area contributed by atoms with E-state index < -0.39 is 0 Å². The number of aryl methyl sites for hydroxylation is 2. The van der Waals surface area contributed by atoms with E-state index >= 15 is 0 Å². The highest BCUT2D eigenvalue weighted by Crippen LogP contribution is 2.28. The summed E-state index contributed by atoms with van der Waals surface area (Å²) in [6.07, 6.45) is 4.25. The number of nitrogens with one attached hydrogen (secondary N) is 1. The van der Waals surface area contributed by atoms with Crippen LogP contribution in [0.25, 0.3) is 0 Å². The Morgan fingerprint density at radius 1 is 1.28 bits per heavy atom. The largest absolute Gasteiger partial charge is 0.496 e. The maximum Gasteiger partial charge on any atom is 0.222 e. The van der Waals surface area contributed by atoms with Gasteiger partial charge in [0.05, 0.1) is 7.11 Å². The lowest BCUT2D eigenvalue weighted by molar-refractivity contribution is -0.128. The average molecular weight is 444 g/mol. The van der Waals surface area contributed by atoms with Crippen LogP contribution in [0.3, 0.4) is 0 Å². The molecule has 1 aromatic heterocycles. The number of nitrogen functional groups attached to an aromatic ring is 1. The molecular weight excluding hydrogens is 406 g/mol. The number of hydrogen-bond acceptors (Lipinski definition) is 7. The third-order valence-electron chi connectivity index (χ3n) is 5.53. The fourth-order valence-corrected chi connectivity index (χ4v) is 3.69. The van der Waals surface area contributed by atoms with Crippen molar-refractivity contribution in [1.82, 2.24) is 14.9 Å². The Labute approximate surface area is 191 Å². The summed E-state index contributed by atoms with van der Waals surface area (Å²) in [4.78, 5) is 22.3. The zero-order chi connectivity index (χ0) is 23.7. The standard InChI is InChI=1S/C24H37N5O3/c1-6-7-19(12-13-30)27-23-20(16(2)26-24(25)28-23)15-18-10-8-17(14-21(18)32-5)9-11-22(31)29(3)4/h8,10,14,19,30H,6-7,9,11-13,15H2,1-5H3,(H3,25,26,27,28). The van der Waals surface area contributed by atoms with Crippen LogP contribution in [0.15, 0.2) is 18.2 Å². The Hall–Kier alpha value is -2.87. The van der Waals surface area contributed by atoms with E-state index in [0.717, 1.165) is 41.0 Å². The van der Waals surface area contributed by atoms with Crippen LogP contribution in [0.5, 0.6) is 5.75 Å². The number of nitrogens with two attached hydrogens (primary N) is 1. The summed E-state index contributed by atoms with van der Waals surface area (Å²) in [5.41, 5.74) is 9.75. The van der Waals surface area contributed by atoms with E-state index in [9.17, 15) is 9.90 Å². The molecule has 0 aliphatic heterocycles. The molecule has 1 unspecified atom stereocenters. The Balaban J connectivity index is 2.30. The highest BCUT2D eigenvalue weighted by Gasteiger charge is 2.17. The van der Waals surface area contributed by atoms with E-state index in [1.165, 1.54) is 0 Å². The lowest BCUT2D eigenvalue weighted by atomic mass is 9.99. The molecule has 0 fully saturated rings. The molecule has 0 bridgehead atoms. The Kier molecular flexibility index (Phi) is 9.71. The van der Waals surface area contributed by atoms with E-state index in [0.29, 0.717) is 31.5 Å². The molecule has 2 aromatic rings. The van der Waals surface area contributed by atoms with Crippen molar-refractivity contribution in [2.75, 3.05) is 38.9 Å². The fourth-order valence-electron chi connectivity index (χ4n) is 3.69. The predicted octanol–water partition coefficient (Wildman–Crippen LogP) is 2.95. The normalized spacial score (nSPS) is 11.8. The molecule has 1 aromatic carbocycles. The summed E-state index contributed by atoms with van der Waals surface area (Å²) in [6, 6.07) is 6.17. The van der Waals surface area contributed by atoms with Crippen LogP contribution in [0.2, 0.25) is 0 Å². The highest BCUT2D eigenvalue weighted by molar-refractivity contribution is 5.75. The van der Waals surface area contributed by atoms with Crippen molar-refractivity contribution in [3.05, 3.63) is 40.6 Å². The first kappa shape index (κ1) is 25.4. The van der Waals surface area contributed by atoms with Gasteiger partial charge >= 0.3 is 0 Å². The van der Waals surface area contributed by atoms with Crippen molar-refractivity contribution in [2.24, 2.45) is 0 Å². The first-order chi connectivity index (χ1) is 15.3. The second-order valence-electron chi connectivity index (χ2n) is 8.25. The molecule has 0 saturated heterocycles. The number of aliphatic hydroxyl groups excluding tert-OH is 1. The molecule has 1 heterocycles. The van der Waals surface area contributed by atoms with Gasteiger partial charge in [-0.1, -0.05) is 25.5 Å². The first-order valence-corrected chi connectivity index (χ1v) is 11.1. The lowest BCUT2D eigenvalue weighted by Crippen LogP contribution is -2.23. The number of carbonyl (C=O) groups excluding carboxylic acids is 1. The number of nitrogens with zero attached hydrogens (tertiary/aromatic N) is 3. The van der Waals surface area contributed by atoms with Crippen molar-refractivity contribution in [3.63, 3.8) is 0 Å². The van der Waals surface area contributed by atoms with Gasteiger partial charge in [0.1, 0.15) is 11.6 Å². The van der Waals surface area contributed by atoms with Crippen LogP contribution in [0.4, 0.5) is 11.8 Å². The number of rotatable bonds is 12. The zero-order valence-corrected chi connectivity index (χ0v) is 19.9. The van der Waals surface area contributed by atoms with E-state index in [2.05, 4.69) is 22.2 Å². The SMILES string of the molecule is CCCC(CCO)Nc1nc(N)nc(C)c1Cc1ccc(CCC(=O)N(C)C)cc1OC. The molecule has 8 nitrogen and oxygen atoms in total. The minimum atomic E-state index is 0.0999. The van der Waals surface area contributed by atoms with Crippen LogP contribution in [-0.4, -0.2) is 59.7 Å². The highest BCUT2D eigenvalue weighted by atomic mass is 16.5. The van der Waals surface area contributed by atoms with E-state index in [1.807, 2.05) is 25.1 Å². The minimum absolute atomic E-state index is 0.0999. The van der Waals surface area contributed by atoms with Crippen LogP contribution < -0.4 is 15.8 Å². The van der Waals surface area contributed by atoms with Gasteiger partial charge in [0.25, 0.3) is 0 Å². The number of hydrogen-bond donors (Lipinski definition) is 3. The molecule has 0 radical (unpaired) electrons. The van der Waals surface area contributed by atoms with Crippen LogP contribution >= 0.6 is 0 Å². The third-order valence-corrected chi connectivity index (χ3v) is 5.53. The number of aliphatic hydroxyl groups is 1. The van der Waals surface area contributed by atoms with Gasteiger partial charge < -0.3 is 25.8 Å². The summed E-state index contributed by atoms with van der Waals surface area (Å²) >= 11 is 0. The summed E-state index contributed by atoms with van der Waals surface area (Å²) < 4.78 is 5.66. The van der Waals surface area contributed by atoms with Crippen LogP contribution in [0, 0.1) is 6.92 Å². The van der Waals surface area contributed by atoms with Crippen molar-refractivity contribution in [3.8, 4) is 5.75 Å². The van der Waals surface area contributed by atoms with Crippen LogP contribution in [0.1, 0.15) is 55.0 Å². The molecule has 2 rings (SSSR count). The second-order valence-corrected chi connectivity index (χ2v) is 8.25. The molecule has 1 atom stereocenters. The smallest absolute Gasteiger partial charge is 0.222 e. The quantitative estimate of drug-likeness (QED) is 0.462. The topological polar surface area (TPSA) is 114 Å². The molecule has 1 amide bonds. The summed E-state index contributed by atoms with van der Waals surface area (Å²) in [5.74, 6) is 1.79. The molecule has 176 valence electrons. The number of carbonyl (C=O) groups is 1. The maximum absolute atomic E-state index is 11.9. The van der Waals surface area contributed by atoms with Crippen molar-refractivity contribution in [1.29, 1.82) is 0 Å². The van der Waals surface area contributed by atoms with Crippen molar-refractivity contribution in [2.45, 2.75) is 58.4 Å². The van der Waals surface area contributed by atoms with E-state index in [-0.39, 0.29) is 24.5 Å². The Bertz CT molecular complexity index is 895. The predicted molar refractivity (Wildman–Crippen MR) is 128 cm³/mol. The summed E-state index contributed by atoms with van der Waals surface area (Å²) in [6.45, 7) is 4.15. The number of amides is 1. The van der Waals surface area contributed by atoms with E-state index in [1.54, 1.807) is 26.1 Å². The molecule has 0 aliphatic carbocycles. The molecule has 0 aliphatic rings. The number of anilines is 2. The summed E-state index contributed by atoms with van der Waals surface area (Å²) in [7, 11) is 5.18. The van der Waals surface area contributed by atoms with E-state index in [4.69, 9.17) is 10.5 Å². The summed E-state index contributed by atoms with van der Waals surface area (Å²) in [5, 5.41) is 12.9. The van der Waals surface area contributed by atoms with Crippen LogP contribution in [-0.2, 0) is 17.6 Å². The first-order valence-electron chi connectivity index (χ1n) is 11.1. The van der Waals surface area contributed by atoms with Gasteiger partial charge in [0.2, 0.25) is 11.9 Å². The number of methoxy groups -OCH3 is 1. The van der Waals surface area contributed by atoms with Crippen molar-refractivity contribution >= 4 is 17.7 Å². The molecular formula is C24H37N5O3. The van der Waals surface area contributed by atoms with Gasteiger partial charge in [-0.25, -0.2) is 4.98 Å². The van der Waals surface area contributed by atoms with Gasteiger partial charge in [-0.15, -0.1) is 0 Å². The Morgan fingerprint density at radius 3 is 2.66 bits per heavy atom. The molecule has 0 saturated carbocycles. The third kappa shape index (κ3) is 7.09. The Morgan fingerprint density at radius 2 is 2.03 bits per heavy atom. The van der Waals surface area contributed by atoms with Gasteiger partial charge in [0, 0.05) is 50.8 Å². The molecule has 8 heteroatoms. The number of benzene rings is 1. The monoisotopic (exact) mass is 443 g/mol. The average Bonchev–Trinajstić information content (AvgIpc) is 2.75. The van der Waals surface area contributed by atoms with Gasteiger partial charge in [-0.2, -0.15) is 4.98 Å². The maximum atomic E-state index is 11.9. The molecule has 32 heavy (non-hydrogen) atoms. The zero-order valence-electron chi connectivity index (χ0n) is 19.9. The second kappa shape index (κ2) is 12.2. The van der Waals surface area contributed by atoms with Gasteiger partial charge in [-0.05, 0) is 43.4 Å². The lowest BCUT2D eigenvalue weighted by Gasteiger charge is -2.21. The molecule has 0 spiro atoms. The molecule has 4 N–H and O–H groups in total. The van der Waals surface area contributed by atoms with Gasteiger partial charge in [0.15, 0.2) is 0 Å². The number of aromatic nitrogens is 2. The number of ether oxygens (including phenoxy) is 1. The minimum Gasteiger partial charge on any atom is -0.496 e.